The summed E-state index contributed by atoms with van der Waals surface area (Å²) in [5, 5.41) is 9.68. The topological polar surface area (TPSA) is 29.5 Å². The number of phenols is 1. The van der Waals surface area contributed by atoms with Crippen LogP contribution in [0.2, 0.25) is 0 Å². The lowest BCUT2D eigenvalue weighted by atomic mass is 9.77. The molecule has 0 aliphatic heterocycles. The van der Waals surface area contributed by atoms with Gasteiger partial charge >= 0.3 is 0 Å². The molecule has 2 rings (SSSR count). The molecule has 0 aliphatic rings. The molecule has 0 aliphatic carbocycles. The van der Waals surface area contributed by atoms with Crippen molar-refractivity contribution in [2.24, 2.45) is 0 Å². The van der Waals surface area contributed by atoms with Crippen molar-refractivity contribution in [1.82, 2.24) is 0 Å². The van der Waals surface area contributed by atoms with Crippen LogP contribution in [-0.4, -0.2) is 12.2 Å². The molecule has 2 aromatic rings. The highest BCUT2D eigenvalue weighted by Gasteiger charge is 2.24. The normalized spacial score (nSPS) is 11.4. The van der Waals surface area contributed by atoms with Gasteiger partial charge in [-0.3, -0.25) is 0 Å². The van der Waals surface area contributed by atoms with Crippen molar-refractivity contribution in [3.05, 3.63) is 58.7 Å². The van der Waals surface area contributed by atoms with Crippen LogP contribution >= 0.6 is 0 Å². The van der Waals surface area contributed by atoms with Crippen LogP contribution in [0, 0.1) is 13.8 Å². The number of phenolic OH excluding ortho intramolecular Hbond substituents is 1. The summed E-state index contributed by atoms with van der Waals surface area (Å²) in [7, 11) is 1.70. The minimum atomic E-state index is -0.139. The Labute approximate surface area is 121 Å². The average molecular weight is 270 g/mol. The molecule has 1 N–H and O–H groups in total. The third-order valence-electron chi connectivity index (χ3n) is 4.05. The number of aryl methyl sites for hydroxylation is 2. The number of rotatable bonds is 3. The molecule has 106 valence electrons. The molecule has 2 aromatic carbocycles. The van der Waals surface area contributed by atoms with Gasteiger partial charge in [-0.25, -0.2) is 0 Å². The lowest BCUT2D eigenvalue weighted by molar-refractivity contribution is 0.410. The monoisotopic (exact) mass is 270 g/mol. The Morgan fingerprint density at radius 2 is 1.50 bits per heavy atom. The number of aromatic hydroxyl groups is 1. The predicted molar refractivity (Wildman–Crippen MR) is 82.7 cm³/mol. The largest absolute Gasteiger partial charge is 0.508 e. The zero-order chi connectivity index (χ0) is 14.9. The molecule has 20 heavy (non-hydrogen) atoms. The molecule has 0 fully saturated rings. The minimum Gasteiger partial charge on any atom is -0.508 e. The van der Waals surface area contributed by atoms with Crippen LogP contribution in [0.1, 0.15) is 36.1 Å². The van der Waals surface area contributed by atoms with Gasteiger partial charge in [-0.15, -0.1) is 0 Å². The number of hydrogen-bond acceptors (Lipinski definition) is 2. The van der Waals surface area contributed by atoms with Gasteiger partial charge in [0.25, 0.3) is 0 Å². The fraction of sp³-hybridized carbons (Fsp3) is 0.333. The SMILES string of the molecule is COc1cc(C(C)(C)c2ccc(O)c(C)c2)ccc1C. The highest BCUT2D eigenvalue weighted by Crippen LogP contribution is 2.35. The molecule has 0 saturated heterocycles. The van der Waals surface area contributed by atoms with E-state index in [0.29, 0.717) is 5.75 Å². The van der Waals surface area contributed by atoms with Crippen LogP contribution in [0.25, 0.3) is 0 Å². The Kier molecular flexibility index (Phi) is 3.76. The summed E-state index contributed by atoms with van der Waals surface area (Å²) in [4.78, 5) is 0. The van der Waals surface area contributed by atoms with Crippen LogP contribution in [0.15, 0.2) is 36.4 Å². The van der Waals surface area contributed by atoms with Gasteiger partial charge in [-0.1, -0.05) is 38.1 Å². The van der Waals surface area contributed by atoms with Crippen LogP contribution < -0.4 is 4.74 Å². The molecule has 0 unspecified atom stereocenters. The third-order valence-corrected chi connectivity index (χ3v) is 4.05. The van der Waals surface area contributed by atoms with Crippen LogP contribution in [-0.2, 0) is 5.41 Å². The molecule has 2 nitrogen and oxygen atoms in total. The van der Waals surface area contributed by atoms with Crippen LogP contribution in [0.4, 0.5) is 0 Å². The zero-order valence-electron chi connectivity index (χ0n) is 12.8. The number of hydrogen-bond donors (Lipinski definition) is 1. The smallest absolute Gasteiger partial charge is 0.122 e. The molecular weight excluding hydrogens is 248 g/mol. The second-order valence-corrected chi connectivity index (χ2v) is 5.81. The molecule has 0 spiro atoms. The molecule has 0 saturated carbocycles. The van der Waals surface area contributed by atoms with E-state index in [1.165, 1.54) is 11.1 Å². The van der Waals surface area contributed by atoms with Gasteiger partial charge in [0.2, 0.25) is 0 Å². The second-order valence-electron chi connectivity index (χ2n) is 5.81. The standard InChI is InChI=1S/C18H22O2/c1-12-6-7-15(11-17(12)20-5)18(3,4)14-8-9-16(19)13(2)10-14/h6-11,19H,1-5H3. The molecule has 0 heterocycles. The molecular formula is C18H22O2. The van der Waals surface area contributed by atoms with Gasteiger partial charge in [-0.05, 0) is 48.2 Å². The highest BCUT2D eigenvalue weighted by atomic mass is 16.5. The quantitative estimate of drug-likeness (QED) is 0.898. The molecule has 0 radical (unpaired) electrons. The first-order chi connectivity index (χ1) is 9.36. The van der Waals surface area contributed by atoms with E-state index in [1.54, 1.807) is 13.2 Å². The number of methoxy groups -OCH3 is 1. The first-order valence-electron chi connectivity index (χ1n) is 6.81. The lowest BCUT2D eigenvalue weighted by Crippen LogP contribution is -2.19. The first kappa shape index (κ1) is 14.4. The molecule has 2 heteroatoms. The van der Waals surface area contributed by atoms with Gasteiger partial charge in [-0.2, -0.15) is 0 Å². The Morgan fingerprint density at radius 1 is 0.900 bits per heavy atom. The summed E-state index contributed by atoms with van der Waals surface area (Å²) in [5.74, 6) is 1.25. The van der Waals surface area contributed by atoms with E-state index in [0.717, 1.165) is 16.9 Å². The third kappa shape index (κ3) is 2.51. The maximum atomic E-state index is 9.68. The summed E-state index contributed by atoms with van der Waals surface area (Å²) in [6, 6.07) is 12.1. The molecule has 0 amide bonds. The van der Waals surface area contributed by atoms with E-state index < -0.39 is 0 Å². The molecule has 0 bridgehead atoms. The lowest BCUT2D eigenvalue weighted by Gasteiger charge is -2.27. The van der Waals surface area contributed by atoms with Crippen molar-refractivity contribution in [3.8, 4) is 11.5 Å². The molecule has 0 atom stereocenters. The highest BCUT2D eigenvalue weighted by molar-refractivity contribution is 5.47. The van der Waals surface area contributed by atoms with E-state index in [4.69, 9.17) is 4.74 Å². The average Bonchev–Trinajstić information content (AvgIpc) is 2.42. The van der Waals surface area contributed by atoms with Gasteiger partial charge in [0.15, 0.2) is 0 Å². The Balaban J connectivity index is 2.50. The van der Waals surface area contributed by atoms with E-state index in [2.05, 4.69) is 32.0 Å². The number of ether oxygens (including phenoxy) is 1. The van der Waals surface area contributed by atoms with E-state index >= 15 is 0 Å². The fourth-order valence-electron chi connectivity index (χ4n) is 2.42. The Morgan fingerprint density at radius 3 is 2.10 bits per heavy atom. The fourth-order valence-corrected chi connectivity index (χ4v) is 2.42. The van der Waals surface area contributed by atoms with E-state index in [9.17, 15) is 5.11 Å². The van der Waals surface area contributed by atoms with Crippen molar-refractivity contribution in [3.63, 3.8) is 0 Å². The van der Waals surface area contributed by atoms with Gasteiger partial charge in [0.1, 0.15) is 11.5 Å². The maximum Gasteiger partial charge on any atom is 0.122 e. The van der Waals surface area contributed by atoms with E-state index in [1.807, 2.05) is 26.0 Å². The maximum absolute atomic E-state index is 9.68. The summed E-state index contributed by atoms with van der Waals surface area (Å²) < 4.78 is 5.42. The van der Waals surface area contributed by atoms with E-state index in [-0.39, 0.29) is 5.41 Å². The summed E-state index contributed by atoms with van der Waals surface area (Å²) >= 11 is 0. The van der Waals surface area contributed by atoms with Crippen molar-refractivity contribution >= 4 is 0 Å². The predicted octanol–water partition coefficient (Wildman–Crippen LogP) is 4.34. The molecule has 0 aromatic heterocycles. The van der Waals surface area contributed by atoms with Crippen molar-refractivity contribution in [2.45, 2.75) is 33.1 Å². The second kappa shape index (κ2) is 5.20. The Bertz CT molecular complexity index is 627. The van der Waals surface area contributed by atoms with Crippen LogP contribution in [0.5, 0.6) is 11.5 Å². The van der Waals surface area contributed by atoms with Gasteiger partial charge < -0.3 is 9.84 Å². The van der Waals surface area contributed by atoms with Crippen molar-refractivity contribution in [1.29, 1.82) is 0 Å². The summed E-state index contributed by atoms with van der Waals surface area (Å²) in [6.07, 6.45) is 0. The Hall–Kier alpha value is -1.96. The summed E-state index contributed by atoms with van der Waals surface area (Å²) in [6.45, 7) is 8.33. The summed E-state index contributed by atoms with van der Waals surface area (Å²) in [5.41, 5.74) is 4.27. The van der Waals surface area contributed by atoms with Crippen molar-refractivity contribution in [2.75, 3.05) is 7.11 Å². The van der Waals surface area contributed by atoms with Crippen molar-refractivity contribution < 1.29 is 9.84 Å². The minimum absolute atomic E-state index is 0.139. The van der Waals surface area contributed by atoms with Crippen LogP contribution in [0.3, 0.4) is 0 Å². The van der Waals surface area contributed by atoms with Gasteiger partial charge in [0, 0.05) is 5.41 Å². The van der Waals surface area contributed by atoms with Gasteiger partial charge in [0.05, 0.1) is 7.11 Å². The number of benzene rings is 2. The first-order valence-corrected chi connectivity index (χ1v) is 6.81. The zero-order valence-corrected chi connectivity index (χ0v) is 12.8.